The van der Waals surface area contributed by atoms with Gasteiger partial charge in [0.1, 0.15) is 5.82 Å². The molecule has 28 heavy (non-hydrogen) atoms. The summed E-state index contributed by atoms with van der Waals surface area (Å²) < 4.78 is 13.4. The Hall–Kier alpha value is -3.21. The molecule has 4 rings (SSSR count). The van der Waals surface area contributed by atoms with Crippen LogP contribution in [0.25, 0.3) is 0 Å². The standard InChI is InChI=1S/C23H21FN2O2/c1-16-2-11-22-18(14-16)12-13-25(20-9-5-19(24)6-10-20)23(22)15-17-3-7-21(8-4-17)26(27)28/h2-11,14,23H,12-13,15H2,1H3. The topological polar surface area (TPSA) is 46.4 Å². The molecule has 0 radical (unpaired) electrons. The van der Waals surface area contributed by atoms with Gasteiger partial charge in [0.15, 0.2) is 0 Å². The molecule has 0 spiro atoms. The van der Waals surface area contributed by atoms with Crippen LogP contribution in [-0.4, -0.2) is 11.5 Å². The minimum atomic E-state index is -0.382. The lowest BCUT2D eigenvalue weighted by atomic mass is 9.87. The van der Waals surface area contributed by atoms with Crippen molar-refractivity contribution in [1.29, 1.82) is 0 Å². The third-order valence-electron chi connectivity index (χ3n) is 5.39. The zero-order valence-corrected chi connectivity index (χ0v) is 15.6. The van der Waals surface area contributed by atoms with Gasteiger partial charge in [0, 0.05) is 24.4 Å². The Kier molecular flexibility index (Phi) is 4.82. The van der Waals surface area contributed by atoms with Gasteiger partial charge >= 0.3 is 0 Å². The number of nitrogens with zero attached hydrogens (tertiary/aromatic N) is 2. The number of non-ortho nitro benzene ring substituents is 1. The maximum Gasteiger partial charge on any atom is 0.269 e. The number of fused-ring (bicyclic) bond motifs is 1. The summed E-state index contributed by atoms with van der Waals surface area (Å²) in [5.74, 6) is -0.247. The van der Waals surface area contributed by atoms with Gasteiger partial charge in [0.25, 0.3) is 5.69 Å². The van der Waals surface area contributed by atoms with Crippen molar-refractivity contribution in [1.82, 2.24) is 0 Å². The number of hydrogen-bond donors (Lipinski definition) is 0. The van der Waals surface area contributed by atoms with E-state index in [-0.39, 0.29) is 22.5 Å². The molecule has 3 aromatic rings. The van der Waals surface area contributed by atoms with Crippen LogP contribution in [-0.2, 0) is 12.8 Å². The largest absolute Gasteiger partial charge is 0.364 e. The molecule has 0 N–H and O–H groups in total. The Morgan fingerprint density at radius 2 is 1.79 bits per heavy atom. The number of benzene rings is 3. The number of nitro groups is 1. The number of aryl methyl sites for hydroxylation is 1. The maximum absolute atomic E-state index is 13.4. The highest BCUT2D eigenvalue weighted by atomic mass is 19.1. The van der Waals surface area contributed by atoms with Crippen molar-refractivity contribution >= 4 is 11.4 Å². The fraction of sp³-hybridized carbons (Fsp3) is 0.217. The maximum atomic E-state index is 13.4. The fourth-order valence-electron chi connectivity index (χ4n) is 3.98. The van der Waals surface area contributed by atoms with Crippen LogP contribution in [0, 0.1) is 22.9 Å². The molecule has 1 atom stereocenters. The van der Waals surface area contributed by atoms with Crippen molar-refractivity contribution in [3.8, 4) is 0 Å². The van der Waals surface area contributed by atoms with Crippen molar-refractivity contribution in [2.24, 2.45) is 0 Å². The van der Waals surface area contributed by atoms with Crippen LogP contribution < -0.4 is 4.90 Å². The molecule has 0 aliphatic carbocycles. The van der Waals surface area contributed by atoms with Gasteiger partial charge in [-0.1, -0.05) is 35.9 Å². The van der Waals surface area contributed by atoms with Gasteiger partial charge in [-0.05, 0) is 60.7 Å². The third-order valence-corrected chi connectivity index (χ3v) is 5.39. The van der Waals surface area contributed by atoms with Crippen LogP contribution in [0.4, 0.5) is 15.8 Å². The van der Waals surface area contributed by atoms with Crippen molar-refractivity contribution < 1.29 is 9.31 Å². The lowest BCUT2D eigenvalue weighted by molar-refractivity contribution is -0.384. The first kappa shape index (κ1) is 18.2. The summed E-state index contributed by atoms with van der Waals surface area (Å²) in [7, 11) is 0. The molecule has 3 aromatic carbocycles. The molecule has 1 aliphatic heterocycles. The van der Waals surface area contributed by atoms with E-state index >= 15 is 0 Å². The average molecular weight is 376 g/mol. The van der Waals surface area contributed by atoms with Gasteiger partial charge < -0.3 is 4.90 Å². The first-order chi connectivity index (χ1) is 13.5. The molecule has 0 amide bonds. The van der Waals surface area contributed by atoms with Crippen LogP contribution in [0.1, 0.15) is 28.3 Å². The van der Waals surface area contributed by atoms with E-state index in [4.69, 9.17) is 0 Å². The van der Waals surface area contributed by atoms with Gasteiger partial charge in [-0.3, -0.25) is 10.1 Å². The highest BCUT2D eigenvalue weighted by Gasteiger charge is 2.28. The molecule has 1 aliphatic rings. The molecule has 1 heterocycles. The monoisotopic (exact) mass is 376 g/mol. The Morgan fingerprint density at radius 1 is 1.07 bits per heavy atom. The highest BCUT2D eigenvalue weighted by Crippen LogP contribution is 2.36. The Bertz CT molecular complexity index is 1000. The van der Waals surface area contributed by atoms with E-state index in [2.05, 4.69) is 30.0 Å². The van der Waals surface area contributed by atoms with Crippen molar-refractivity contribution in [3.63, 3.8) is 0 Å². The summed E-state index contributed by atoms with van der Waals surface area (Å²) >= 11 is 0. The zero-order chi connectivity index (χ0) is 19.7. The number of halogens is 1. The van der Waals surface area contributed by atoms with Gasteiger partial charge in [-0.15, -0.1) is 0 Å². The van der Waals surface area contributed by atoms with Gasteiger partial charge in [-0.25, -0.2) is 4.39 Å². The van der Waals surface area contributed by atoms with Crippen molar-refractivity contribution in [3.05, 3.63) is 105 Å². The first-order valence-corrected chi connectivity index (χ1v) is 9.36. The van der Waals surface area contributed by atoms with Crippen LogP contribution in [0.5, 0.6) is 0 Å². The Morgan fingerprint density at radius 3 is 2.46 bits per heavy atom. The second-order valence-corrected chi connectivity index (χ2v) is 7.27. The van der Waals surface area contributed by atoms with Crippen molar-refractivity contribution in [2.75, 3.05) is 11.4 Å². The Balaban J connectivity index is 1.71. The van der Waals surface area contributed by atoms with E-state index in [1.54, 1.807) is 12.1 Å². The molecule has 1 unspecified atom stereocenters. The van der Waals surface area contributed by atoms with Gasteiger partial charge in [0.2, 0.25) is 0 Å². The first-order valence-electron chi connectivity index (χ1n) is 9.36. The summed E-state index contributed by atoms with van der Waals surface area (Å²) in [6.45, 7) is 2.94. The summed E-state index contributed by atoms with van der Waals surface area (Å²) in [5.41, 5.74) is 5.96. The normalized spacial score (nSPS) is 15.9. The zero-order valence-electron chi connectivity index (χ0n) is 15.6. The van der Waals surface area contributed by atoms with E-state index < -0.39 is 0 Å². The summed E-state index contributed by atoms with van der Waals surface area (Å²) in [6, 6.07) is 20.0. The lowest BCUT2D eigenvalue weighted by Gasteiger charge is -2.39. The van der Waals surface area contributed by atoms with Gasteiger partial charge in [0.05, 0.1) is 11.0 Å². The quantitative estimate of drug-likeness (QED) is 0.453. The molecule has 142 valence electrons. The molecule has 0 fully saturated rings. The molecule has 0 aromatic heterocycles. The second kappa shape index (κ2) is 7.43. The van der Waals surface area contributed by atoms with E-state index in [0.717, 1.165) is 30.6 Å². The van der Waals surface area contributed by atoms with E-state index in [9.17, 15) is 14.5 Å². The van der Waals surface area contributed by atoms with E-state index in [1.165, 1.54) is 28.8 Å². The molecular formula is C23H21FN2O2. The van der Waals surface area contributed by atoms with Crippen LogP contribution >= 0.6 is 0 Å². The predicted octanol–water partition coefficient (Wildman–Crippen LogP) is 5.39. The number of anilines is 1. The fourth-order valence-corrected chi connectivity index (χ4v) is 3.98. The van der Waals surface area contributed by atoms with E-state index in [1.807, 2.05) is 24.3 Å². The van der Waals surface area contributed by atoms with Crippen molar-refractivity contribution in [2.45, 2.75) is 25.8 Å². The van der Waals surface area contributed by atoms with E-state index in [0.29, 0.717) is 0 Å². The number of nitro benzene ring substituents is 1. The SMILES string of the molecule is Cc1ccc2c(c1)CCN(c1ccc(F)cc1)C2Cc1ccc([N+](=O)[O-])cc1. The summed E-state index contributed by atoms with van der Waals surface area (Å²) in [5, 5.41) is 10.9. The number of hydrogen-bond acceptors (Lipinski definition) is 3. The molecule has 0 saturated carbocycles. The molecule has 0 bridgehead atoms. The highest BCUT2D eigenvalue weighted by molar-refractivity contribution is 5.53. The van der Waals surface area contributed by atoms with Crippen LogP contribution in [0.15, 0.2) is 66.7 Å². The minimum absolute atomic E-state index is 0.0938. The molecular weight excluding hydrogens is 355 g/mol. The average Bonchev–Trinajstić information content (AvgIpc) is 2.69. The minimum Gasteiger partial charge on any atom is -0.364 e. The van der Waals surface area contributed by atoms with Gasteiger partial charge in [-0.2, -0.15) is 0 Å². The van der Waals surface area contributed by atoms with Crippen LogP contribution in [0.3, 0.4) is 0 Å². The molecule has 5 heteroatoms. The summed E-state index contributed by atoms with van der Waals surface area (Å²) in [4.78, 5) is 12.9. The second-order valence-electron chi connectivity index (χ2n) is 7.27. The molecule has 4 nitrogen and oxygen atoms in total. The summed E-state index contributed by atoms with van der Waals surface area (Å²) in [6.07, 6.45) is 1.66. The molecule has 0 saturated heterocycles. The predicted molar refractivity (Wildman–Crippen MR) is 108 cm³/mol. The van der Waals surface area contributed by atoms with Crippen LogP contribution in [0.2, 0.25) is 0 Å². The lowest BCUT2D eigenvalue weighted by Crippen LogP contribution is -2.36. The number of rotatable bonds is 4. The Labute approximate surface area is 163 Å². The smallest absolute Gasteiger partial charge is 0.269 e. The third kappa shape index (κ3) is 3.60.